The fraction of sp³-hybridized carbons (Fsp3) is 1.00. The normalized spacial score (nSPS) is 18.7. The highest BCUT2D eigenvalue weighted by molar-refractivity contribution is 8.27. The average Bonchev–Trinajstić information content (AvgIpc) is 1.68. The van der Waals surface area contributed by atoms with Crippen LogP contribution < -0.4 is 0 Å². The minimum Gasteiger partial charge on any atom is -0.120 e. The predicted octanol–water partition coefficient (Wildman–Crippen LogP) is 2.84. The molecule has 0 saturated heterocycles. The van der Waals surface area contributed by atoms with Crippen LogP contribution in [-0.2, 0) is 11.8 Å². The smallest absolute Gasteiger partial charge is 0.0644 e. The van der Waals surface area contributed by atoms with Gasteiger partial charge in [-0.25, -0.2) is 0 Å². The van der Waals surface area contributed by atoms with Crippen molar-refractivity contribution in [3.8, 4) is 0 Å². The Morgan fingerprint density at radius 1 is 1.71 bits per heavy atom. The summed E-state index contributed by atoms with van der Waals surface area (Å²) < 4.78 is 0. The van der Waals surface area contributed by atoms with Crippen molar-refractivity contribution in [2.24, 2.45) is 0 Å². The van der Waals surface area contributed by atoms with Gasteiger partial charge in [0.05, 0.1) is 11.0 Å². The maximum Gasteiger partial charge on any atom is 0.0644 e. The van der Waals surface area contributed by atoms with Gasteiger partial charge in [-0.3, -0.25) is 0 Å². The second-order valence-corrected chi connectivity index (χ2v) is 9.03. The molecule has 7 heavy (non-hydrogen) atoms. The van der Waals surface area contributed by atoms with Gasteiger partial charge < -0.3 is 0 Å². The van der Waals surface area contributed by atoms with Gasteiger partial charge in [0.2, 0.25) is 0 Å². The molecule has 0 bridgehead atoms. The second-order valence-electron chi connectivity index (χ2n) is 1.23. The van der Waals surface area contributed by atoms with E-state index >= 15 is 0 Å². The van der Waals surface area contributed by atoms with Crippen LogP contribution in [0, 0.1) is 0 Å². The molecular formula is C3H7Cl2PS. The zero-order valence-electron chi connectivity index (χ0n) is 4.03. The van der Waals surface area contributed by atoms with Crippen molar-refractivity contribution in [2.45, 2.75) is 6.92 Å². The summed E-state index contributed by atoms with van der Waals surface area (Å²) in [6.45, 7) is 1.97. The molecule has 0 nitrogen and oxygen atoms in total. The van der Waals surface area contributed by atoms with Crippen LogP contribution in [0.2, 0.25) is 0 Å². The van der Waals surface area contributed by atoms with E-state index in [1.807, 2.05) is 6.92 Å². The highest BCUT2D eigenvalue weighted by Gasteiger charge is 2.05. The van der Waals surface area contributed by atoms with Crippen LogP contribution in [0.1, 0.15) is 6.92 Å². The molecular weight excluding hydrogens is 170 g/mol. The van der Waals surface area contributed by atoms with Crippen molar-refractivity contribution in [2.75, 3.05) is 11.8 Å². The Balaban J connectivity index is 3.61. The molecule has 0 aromatic heterocycles. The first-order valence-corrected chi connectivity index (χ1v) is 6.57. The van der Waals surface area contributed by atoms with Crippen LogP contribution >= 0.6 is 28.2 Å². The van der Waals surface area contributed by atoms with Crippen LogP contribution in [0.4, 0.5) is 0 Å². The van der Waals surface area contributed by atoms with Crippen LogP contribution in [0.25, 0.3) is 0 Å². The lowest BCUT2D eigenvalue weighted by atomic mass is 11.0. The van der Waals surface area contributed by atoms with Crippen LogP contribution in [-0.4, -0.2) is 11.8 Å². The van der Waals surface area contributed by atoms with Crippen molar-refractivity contribution in [3.05, 3.63) is 0 Å². The topological polar surface area (TPSA) is 0 Å². The van der Waals surface area contributed by atoms with Gasteiger partial charge >= 0.3 is 0 Å². The average molecular weight is 177 g/mol. The van der Waals surface area contributed by atoms with Gasteiger partial charge in [0, 0.05) is 0 Å². The third-order valence-electron chi connectivity index (χ3n) is 0.651. The van der Waals surface area contributed by atoms with Crippen molar-refractivity contribution in [1.29, 1.82) is 0 Å². The van der Waals surface area contributed by atoms with Gasteiger partial charge in [-0.05, 0) is 6.16 Å². The van der Waals surface area contributed by atoms with E-state index in [1.165, 1.54) is 0 Å². The molecule has 0 aliphatic heterocycles. The molecule has 1 atom stereocenters. The molecule has 4 heteroatoms. The second kappa shape index (κ2) is 3.29. The first-order valence-electron chi connectivity index (χ1n) is 1.96. The monoisotopic (exact) mass is 176 g/mol. The number of hydrogen-bond acceptors (Lipinski definition) is 1. The lowest BCUT2D eigenvalue weighted by Crippen LogP contribution is -1.73. The van der Waals surface area contributed by atoms with E-state index in [0.717, 1.165) is 6.16 Å². The largest absolute Gasteiger partial charge is 0.120 e. The zero-order valence-corrected chi connectivity index (χ0v) is 7.25. The maximum absolute atomic E-state index is 5.70. The van der Waals surface area contributed by atoms with E-state index in [2.05, 4.69) is 0 Å². The van der Waals surface area contributed by atoms with Gasteiger partial charge in [-0.2, -0.15) is 0 Å². The summed E-state index contributed by atoms with van der Waals surface area (Å²) in [7, 11) is 0. The van der Waals surface area contributed by atoms with Gasteiger partial charge in [0.1, 0.15) is 0 Å². The van der Waals surface area contributed by atoms with Crippen molar-refractivity contribution < 1.29 is 0 Å². The van der Waals surface area contributed by atoms with E-state index in [-0.39, 0.29) is 0 Å². The highest BCUT2D eigenvalue weighted by Crippen LogP contribution is 2.51. The molecule has 44 valence electrons. The summed E-state index contributed by atoms with van der Waals surface area (Å²) in [6.07, 6.45) is 0.855. The molecule has 0 rings (SSSR count). The molecule has 0 fully saturated rings. The number of halogens is 2. The zero-order chi connectivity index (χ0) is 5.91. The van der Waals surface area contributed by atoms with E-state index in [9.17, 15) is 0 Å². The van der Waals surface area contributed by atoms with Crippen LogP contribution in [0.15, 0.2) is 0 Å². The van der Waals surface area contributed by atoms with Crippen LogP contribution in [0.3, 0.4) is 0 Å². The molecule has 0 aliphatic rings. The summed E-state index contributed by atoms with van der Waals surface area (Å²) in [5, 5.41) is -1.58. The van der Waals surface area contributed by atoms with Crippen molar-refractivity contribution in [3.63, 3.8) is 0 Å². The van der Waals surface area contributed by atoms with Crippen molar-refractivity contribution >= 4 is 40.0 Å². The third kappa shape index (κ3) is 3.78. The van der Waals surface area contributed by atoms with Crippen molar-refractivity contribution in [1.82, 2.24) is 0 Å². The quantitative estimate of drug-likeness (QED) is 0.461. The number of rotatable bonds is 2. The Kier molecular flexibility index (Phi) is 3.87. The fourth-order valence-electron chi connectivity index (χ4n) is 0.0845. The Bertz CT molecular complexity index is 84.9. The van der Waals surface area contributed by atoms with E-state index in [0.29, 0.717) is 5.62 Å². The number of alkyl halides is 1. The molecule has 0 radical (unpaired) electrons. The predicted molar refractivity (Wildman–Crippen MR) is 41.4 cm³/mol. The lowest BCUT2D eigenvalue weighted by Gasteiger charge is -2.02. The van der Waals surface area contributed by atoms with E-state index in [4.69, 9.17) is 34.6 Å². The van der Waals surface area contributed by atoms with Gasteiger partial charge in [-0.1, -0.05) is 30.0 Å². The minimum atomic E-state index is -1.58. The van der Waals surface area contributed by atoms with Gasteiger partial charge in [-0.15, -0.1) is 11.6 Å². The SMILES string of the molecule is CCP(=S)(Cl)CCl. The van der Waals surface area contributed by atoms with E-state index in [1.54, 1.807) is 0 Å². The maximum atomic E-state index is 5.70. The van der Waals surface area contributed by atoms with E-state index < -0.39 is 5.39 Å². The molecule has 0 aromatic rings. The molecule has 1 unspecified atom stereocenters. The molecule has 0 amide bonds. The Labute approximate surface area is 59.0 Å². The molecule has 0 heterocycles. The summed E-state index contributed by atoms with van der Waals surface area (Å²) in [6, 6.07) is 0. The molecule has 0 N–H and O–H groups in total. The Hall–Kier alpha value is 1.23. The first kappa shape index (κ1) is 8.23. The Morgan fingerprint density at radius 2 is 2.14 bits per heavy atom. The van der Waals surface area contributed by atoms with Crippen LogP contribution in [0.5, 0.6) is 0 Å². The minimum absolute atomic E-state index is 0.459. The molecule has 0 aromatic carbocycles. The summed E-state index contributed by atoms with van der Waals surface area (Å²) in [5.74, 6) is 0. The summed E-state index contributed by atoms with van der Waals surface area (Å²) in [5.41, 5.74) is 0.459. The van der Waals surface area contributed by atoms with Gasteiger partial charge in [0.25, 0.3) is 0 Å². The standard InChI is InChI=1S/C3H7Cl2PS/c1-2-6(5,7)3-4/h2-3H2,1H3. The molecule has 0 saturated carbocycles. The molecule has 0 aliphatic carbocycles. The summed E-state index contributed by atoms with van der Waals surface area (Å²) >= 11 is 16.0. The third-order valence-corrected chi connectivity index (χ3v) is 6.21. The summed E-state index contributed by atoms with van der Waals surface area (Å²) in [4.78, 5) is 0. The Morgan fingerprint density at radius 3 is 2.14 bits per heavy atom. The van der Waals surface area contributed by atoms with Gasteiger partial charge in [0.15, 0.2) is 0 Å². The number of hydrogen-bond donors (Lipinski definition) is 0. The highest BCUT2D eigenvalue weighted by atomic mass is 35.7. The molecule has 0 spiro atoms. The lowest BCUT2D eigenvalue weighted by molar-refractivity contribution is 1.51. The first-order chi connectivity index (χ1) is 3.12. The fourth-order valence-corrected chi connectivity index (χ4v) is 0.761.